The van der Waals surface area contributed by atoms with Gasteiger partial charge in [0.1, 0.15) is 0 Å². The standard InChI is InChI=1S/C13H26N2O3/c1-2-3-4-7-10-14-13(18)15-11-8-5-6-9-12(16)17/h2-11H2,1H3,(H,16,17)(H2,14,15,18). The molecule has 5 heteroatoms. The second kappa shape index (κ2) is 12.2. The van der Waals surface area contributed by atoms with E-state index in [2.05, 4.69) is 17.6 Å². The minimum atomic E-state index is -0.757. The first-order valence-corrected chi connectivity index (χ1v) is 6.90. The van der Waals surface area contributed by atoms with E-state index in [0.29, 0.717) is 13.0 Å². The van der Waals surface area contributed by atoms with Gasteiger partial charge in [-0.1, -0.05) is 32.6 Å². The van der Waals surface area contributed by atoms with Crippen molar-refractivity contribution >= 4 is 12.0 Å². The van der Waals surface area contributed by atoms with Gasteiger partial charge in [-0.2, -0.15) is 0 Å². The summed E-state index contributed by atoms with van der Waals surface area (Å²) in [5.41, 5.74) is 0. The molecule has 106 valence electrons. The smallest absolute Gasteiger partial charge is 0.314 e. The Bertz CT molecular complexity index is 232. The number of carboxylic acids is 1. The van der Waals surface area contributed by atoms with Gasteiger partial charge in [0, 0.05) is 19.5 Å². The number of hydrogen-bond acceptors (Lipinski definition) is 2. The summed E-state index contributed by atoms with van der Waals surface area (Å²) in [5.74, 6) is -0.757. The molecule has 3 N–H and O–H groups in total. The summed E-state index contributed by atoms with van der Waals surface area (Å²) < 4.78 is 0. The number of urea groups is 1. The molecule has 5 nitrogen and oxygen atoms in total. The largest absolute Gasteiger partial charge is 0.481 e. The van der Waals surface area contributed by atoms with Gasteiger partial charge in [-0.25, -0.2) is 4.79 Å². The van der Waals surface area contributed by atoms with E-state index in [9.17, 15) is 9.59 Å². The fraction of sp³-hybridized carbons (Fsp3) is 0.846. The monoisotopic (exact) mass is 258 g/mol. The fourth-order valence-corrected chi connectivity index (χ4v) is 1.60. The van der Waals surface area contributed by atoms with Crippen molar-refractivity contribution in [1.29, 1.82) is 0 Å². The first kappa shape index (κ1) is 16.7. The topological polar surface area (TPSA) is 78.4 Å². The summed E-state index contributed by atoms with van der Waals surface area (Å²) in [6, 6.07) is -0.121. The number of hydrogen-bond donors (Lipinski definition) is 3. The zero-order valence-corrected chi connectivity index (χ0v) is 11.3. The third-order valence-electron chi connectivity index (χ3n) is 2.67. The van der Waals surface area contributed by atoms with Crippen LogP contribution in [0.15, 0.2) is 0 Å². The van der Waals surface area contributed by atoms with Gasteiger partial charge < -0.3 is 15.7 Å². The average molecular weight is 258 g/mol. The lowest BCUT2D eigenvalue weighted by atomic mass is 10.2. The van der Waals surface area contributed by atoms with Crippen LogP contribution in [-0.4, -0.2) is 30.2 Å². The Kier molecular flexibility index (Phi) is 11.3. The van der Waals surface area contributed by atoms with Crippen LogP contribution in [0, 0.1) is 0 Å². The van der Waals surface area contributed by atoms with Crippen molar-refractivity contribution in [2.24, 2.45) is 0 Å². The van der Waals surface area contributed by atoms with Gasteiger partial charge in [0.15, 0.2) is 0 Å². The SMILES string of the molecule is CCCCCCNC(=O)NCCCCCC(=O)O. The second-order valence-corrected chi connectivity index (χ2v) is 4.45. The van der Waals surface area contributed by atoms with E-state index in [1.54, 1.807) is 0 Å². The highest BCUT2D eigenvalue weighted by atomic mass is 16.4. The van der Waals surface area contributed by atoms with Crippen LogP contribution in [0.5, 0.6) is 0 Å². The lowest BCUT2D eigenvalue weighted by Gasteiger charge is -2.07. The third kappa shape index (κ3) is 12.8. The summed E-state index contributed by atoms with van der Waals surface area (Å²) >= 11 is 0. The molecule has 0 unspecified atom stereocenters. The maximum atomic E-state index is 11.3. The number of unbranched alkanes of at least 4 members (excludes halogenated alkanes) is 5. The van der Waals surface area contributed by atoms with E-state index >= 15 is 0 Å². The molecule has 0 aromatic rings. The zero-order chi connectivity index (χ0) is 13.6. The van der Waals surface area contributed by atoms with Crippen molar-refractivity contribution in [2.75, 3.05) is 13.1 Å². The molecule has 0 aromatic carbocycles. The molecule has 0 atom stereocenters. The third-order valence-corrected chi connectivity index (χ3v) is 2.67. The Morgan fingerprint density at radius 1 is 0.889 bits per heavy atom. The van der Waals surface area contributed by atoms with E-state index in [1.165, 1.54) is 12.8 Å². The van der Waals surface area contributed by atoms with Gasteiger partial charge in [-0.3, -0.25) is 4.79 Å². The Morgan fingerprint density at radius 2 is 1.44 bits per heavy atom. The van der Waals surface area contributed by atoms with Crippen molar-refractivity contribution in [3.05, 3.63) is 0 Å². The normalized spacial score (nSPS) is 10.1. The molecular weight excluding hydrogens is 232 g/mol. The summed E-state index contributed by atoms with van der Waals surface area (Å²) in [6.45, 7) is 3.50. The lowest BCUT2D eigenvalue weighted by Crippen LogP contribution is -2.36. The van der Waals surface area contributed by atoms with Crippen molar-refractivity contribution in [3.63, 3.8) is 0 Å². The van der Waals surface area contributed by atoms with Crippen LogP contribution in [0.1, 0.15) is 58.3 Å². The minimum Gasteiger partial charge on any atom is -0.481 e. The first-order valence-electron chi connectivity index (χ1n) is 6.90. The molecule has 0 aromatic heterocycles. The van der Waals surface area contributed by atoms with E-state index in [4.69, 9.17) is 5.11 Å². The number of carbonyl (C=O) groups is 2. The van der Waals surface area contributed by atoms with E-state index in [-0.39, 0.29) is 12.5 Å². The van der Waals surface area contributed by atoms with Crippen molar-refractivity contribution in [1.82, 2.24) is 10.6 Å². The predicted molar refractivity (Wildman–Crippen MR) is 71.6 cm³/mol. The van der Waals surface area contributed by atoms with Crippen LogP contribution in [-0.2, 0) is 4.79 Å². The summed E-state index contributed by atoms with van der Waals surface area (Å²) in [5, 5.41) is 14.0. The van der Waals surface area contributed by atoms with Gasteiger partial charge in [-0.15, -0.1) is 0 Å². The molecule has 0 saturated carbocycles. The summed E-state index contributed by atoms with van der Waals surface area (Å²) in [7, 11) is 0. The molecule has 18 heavy (non-hydrogen) atoms. The van der Waals surface area contributed by atoms with Gasteiger partial charge >= 0.3 is 12.0 Å². The predicted octanol–water partition coefficient (Wildman–Crippen LogP) is 2.51. The Balaban J connectivity index is 3.19. The van der Waals surface area contributed by atoms with Crippen LogP contribution in [0.2, 0.25) is 0 Å². The van der Waals surface area contributed by atoms with E-state index in [1.807, 2.05) is 0 Å². The van der Waals surface area contributed by atoms with Gasteiger partial charge in [0.25, 0.3) is 0 Å². The van der Waals surface area contributed by atoms with Crippen molar-refractivity contribution in [3.8, 4) is 0 Å². The molecular formula is C13H26N2O3. The number of carboxylic acid groups (broad SMARTS) is 1. The maximum Gasteiger partial charge on any atom is 0.314 e. The maximum absolute atomic E-state index is 11.3. The van der Waals surface area contributed by atoms with E-state index < -0.39 is 5.97 Å². The Hall–Kier alpha value is -1.26. The average Bonchev–Trinajstić information content (AvgIpc) is 2.33. The number of nitrogens with one attached hydrogen (secondary N) is 2. The molecule has 0 spiro atoms. The summed E-state index contributed by atoms with van der Waals surface area (Å²) in [4.78, 5) is 21.6. The molecule has 0 aliphatic rings. The quantitative estimate of drug-likeness (QED) is 0.498. The van der Waals surface area contributed by atoms with E-state index in [0.717, 1.165) is 32.2 Å². The van der Waals surface area contributed by atoms with Crippen LogP contribution < -0.4 is 10.6 Å². The molecule has 0 radical (unpaired) electrons. The number of amides is 2. The van der Waals surface area contributed by atoms with Gasteiger partial charge in [-0.05, 0) is 19.3 Å². The highest BCUT2D eigenvalue weighted by molar-refractivity contribution is 5.73. The highest BCUT2D eigenvalue weighted by Crippen LogP contribution is 1.98. The highest BCUT2D eigenvalue weighted by Gasteiger charge is 1.99. The molecule has 2 amide bonds. The molecule has 0 aliphatic carbocycles. The Morgan fingerprint density at radius 3 is 1.94 bits per heavy atom. The number of aliphatic carboxylic acids is 1. The molecule has 0 saturated heterocycles. The molecule has 0 rings (SSSR count). The van der Waals surface area contributed by atoms with Gasteiger partial charge in [0.2, 0.25) is 0 Å². The van der Waals surface area contributed by atoms with Crippen LogP contribution in [0.25, 0.3) is 0 Å². The van der Waals surface area contributed by atoms with Crippen LogP contribution >= 0.6 is 0 Å². The molecule has 0 fully saturated rings. The number of rotatable bonds is 11. The van der Waals surface area contributed by atoms with Gasteiger partial charge in [0.05, 0.1) is 0 Å². The Labute approximate surface area is 109 Å². The lowest BCUT2D eigenvalue weighted by molar-refractivity contribution is -0.137. The van der Waals surface area contributed by atoms with Crippen LogP contribution in [0.3, 0.4) is 0 Å². The fourth-order valence-electron chi connectivity index (χ4n) is 1.60. The molecule has 0 bridgehead atoms. The minimum absolute atomic E-state index is 0.121. The van der Waals surface area contributed by atoms with Crippen LogP contribution in [0.4, 0.5) is 4.79 Å². The van der Waals surface area contributed by atoms with Crippen molar-refractivity contribution < 1.29 is 14.7 Å². The number of carbonyl (C=O) groups excluding carboxylic acids is 1. The van der Waals surface area contributed by atoms with Crippen molar-refractivity contribution in [2.45, 2.75) is 58.3 Å². The second-order valence-electron chi connectivity index (χ2n) is 4.45. The first-order chi connectivity index (χ1) is 8.66. The molecule has 0 aliphatic heterocycles. The zero-order valence-electron chi connectivity index (χ0n) is 11.3. The summed E-state index contributed by atoms with van der Waals surface area (Å²) in [6.07, 6.45) is 7.15. The molecule has 0 heterocycles.